The molecule has 1 fully saturated rings. The lowest BCUT2D eigenvalue weighted by atomic mass is 9.93. The van der Waals surface area contributed by atoms with Crippen molar-refractivity contribution < 1.29 is 27.4 Å². The first-order valence-corrected chi connectivity index (χ1v) is 12.2. The minimum Gasteiger partial charge on any atom is -0.485 e. The van der Waals surface area contributed by atoms with Gasteiger partial charge in [0, 0.05) is 48.9 Å². The molecule has 1 aromatic heterocycles. The Labute approximate surface area is 213 Å². The maximum Gasteiger partial charge on any atom is 0.433 e. The van der Waals surface area contributed by atoms with E-state index in [1.165, 1.54) is 6.07 Å². The maximum atomic E-state index is 13.0. The van der Waals surface area contributed by atoms with E-state index in [1.54, 1.807) is 6.07 Å². The number of likely N-dealkylation sites (N-methyl/N-ethyl adjacent to an activating group) is 1. The third-order valence-electron chi connectivity index (χ3n) is 6.91. The van der Waals surface area contributed by atoms with Crippen molar-refractivity contribution in [1.29, 1.82) is 0 Å². The predicted molar refractivity (Wildman–Crippen MR) is 134 cm³/mol. The Hall–Kier alpha value is -3.43. The largest absolute Gasteiger partial charge is 0.485 e. The van der Waals surface area contributed by atoms with Crippen molar-refractivity contribution in [2.75, 3.05) is 32.1 Å². The van der Waals surface area contributed by atoms with Crippen LogP contribution in [-0.4, -0.2) is 48.2 Å². The fourth-order valence-electron chi connectivity index (χ4n) is 5.00. The monoisotopic (exact) mass is 511 g/mol. The third-order valence-corrected chi connectivity index (χ3v) is 6.91. The van der Waals surface area contributed by atoms with Gasteiger partial charge in [0.25, 0.3) is 5.91 Å². The van der Waals surface area contributed by atoms with Crippen molar-refractivity contribution in [3.63, 3.8) is 0 Å². The van der Waals surface area contributed by atoms with E-state index in [0.717, 1.165) is 66.2 Å². The van der Waals surface area contributed by atoms with Crippen LogP contribution in [0.15, 0.2) is 54.7 Å². The molecule has 0 saturated carbocycles. The summed E-state index contributed by atoms with van der Waals surface area (Å²) in [5.41, 5.74) is 2.89. The SMILES string of the molecule is Cc1ccc(NC(=O)c2ccnc(C(F)(F)F)c2)cc1-c1ccc2c(c1)OC1(CCOCC1)CN(C)C2. The normalized spacial score (nSPS) is 17.5. The van der Waals surface area contributed by atoms with Crippen LogP contribution in [0, 0.1) is 6.92 Å². The number of hydrogen-bond donors (Lipinski definition) is 1. The van der Waals surface area contributed by atoms with Gasteiger partial charge in [0.1, 0.15) is 17.0 Å². The summed E-state index contributed by atoms with van der Waals surface area (Å²) in [5.74, 6) is 0.200. The lowest BCUT2D eigenvalue weighted by molar-refractivity contribution is -0.141. The molecule has 9 heteroatoms. The molecule has 0 unspecified atom stereocenters. The number of halogens is 3. The van der Waals surface area contributed by atoms with E-state index in [2.05, 4.69) is 28.3 Å². The zero-order valence-electron chi connectivity index (χ0n) is 20.7. The summed E-state index contributed by atoms with van der Waals surface area (Å²) < 4.78 is 51.3. The molecule has 0 bridgehead atoms. The standard InChI is InChI=1S/C28H28F3N3O3/c1-18-3-6-22(33-26(35)20-7-10-32-25(14-20)28(29,30)31)15-23(18)19-4-5-21-16-34(2)17-27(37-24(21)13-19)8-11-36-12-9-27/h3-7,10,13-15H,8-9,11-12,16-17H2,1-2H3,(H,33,35). The Morgan fingerprint density at radius 2 is 1.86 bits per heavy atom. The highest BCUT2D eigenvalue weighted by Crippen LogP contribution is 2.38. The molecule has 2 aromatic carbocycles. The van der Waals surface area contributed by atoms with Crippen LogP contribution in [0.4, 0.5) is 18.9 Å². The van der Waals surface area contributed by atoms with Gasteiger partial charge in [-0.1, -0.05) is 18.2 Å². The molecule has 0 atom stereocenters. The first kappa shape index (κ1) is 25.2. The van der Waals surface area contributed by atoms with Crippen molar-refractivity contribution in [1.82, 2.24) is 9.88 Å². The fourth-order valence-corrected chi connectivity index (χ4v) is 5.00. The van der Waals surface area contributed by atoms with Gasteiger partial charge >= 0.3 is 6.18 Å². The number of benzene rings is 2. The van der Waals surface area contributed by atoms with Gasteiger partial charge in [-0.05, 0) is 61.0 Å². The van der Waals surface area contributed by atoms with Crippen LogP contribution < -0.4 is 10.1 Å². The van der Waals surface area contributed by atoms with Gasteiger partial charge < -0.3 is 14.8 Å². The number of aryl methyl sites for hydroxylation is 1. The van der Waals surface area contributed by atoms with Crippen LogP contribution in [0.25, 0.3) is 11.1 Å². The van der Waals surface area contributed by atoms with E-state index in [1.807, 2.05) is 31.2 Å². The van der Waals surface area contributed by atoms with E-state index in [-0.39, 0.29) is 11.2 Å². The first-order chi connectivity index (χ1) is 17.6. The molecule has 5 rings (SSSR count). The molecule has 1 amide bonds. The molecule has 6 nitrogen and oxygen atoms in total. The van der Waals surface area contributed by atoms with Gasteiger partial charge in [-0.3, -0.25) is 14.7 Å². The summed E-state index contributed by atoms with van der Waals surface area (Å²) in [4.78, 5) is 18.3. The summed E-state index contributed by atoms with van der Waals surface area (Å²) >= 11 is 0. The molecule has 0 radical (unpaired) electrons. The summed E-state index contributed by atoms with van der Waals surface area (Å²) in [6, 6.07) is 13.6. The molecule has 3 heterocycles. The lowest BCUT2D eigenvalue weighted by Gasteiger charge is -2.38. The summed E-state index contributed by atoms with van der Waals surface area (Å²) in [6.45, 7) is 4.92. The molecule has 1 N–H and O–H groups in total. The summed E-state index contributed by atoms with van der Waals surface area (Å²) in [7, 11) is 2.10. The molecule has 1 spiro atoms. The molecule has 0 aliphatic carbocycles. The second kappa shape index (κ2) is 9.79. The number of hydrogen-bond acceptors (Lipinski definition) is 5. The zero-order chi connectivity index (χ0) is 26.2. The lowest BCUT2D eigenvalue weighted by Crippen LogP contribution is -2.48. The molecule has 1 saturated heterocycles. The number of nitrogens with zero attached hydrogens (tertiary/aromatic N) is 2. The van der Waals surface area contributed by atoms with Crippen molar-refractivity contribution >= 4 is 11.6 Å². The average Bonchev–Trinajstić information content (AvgIpc) is 2.99. The molecular formula is C28H28F3N3O3. The predicted octanol–water partition coefficient (Wildman–Crippen LogP) is 5.70. The smallest absolute Gasteiger partial charge is 0.433 e. The quantitative estimate of drug-likeness (QED) is 0.489. The number of ether oxygens (including phenoxy) is 2. The first-order valence-electron chi connectivity index (χ1n) is 12.2. The van der Waals surface area contributed by atoms with Crippen LogP contribution >= 0.6 is 0 Å². The second-order valence-electron chi connectivity index (χ2n) is 9.80. The number of alkyl halides is 3. The third kappa shape index (κ3) is 5.47. The van der Waals surface area contributed by atoms with Crippen LogP contribution in [0.2, 0.25) is 0 Å². The summed E-state index contributed by atoms with van der Waals surface area (Å²) in [5, 5.41) is 2.71. The zero-order valence-corrected chi connectivity index (χ0v) is 20.7. The van der Waals surface area contributed by atoms with Gasteiger partial charge in [-0.15, -0.1) is 0 Å². The van der Waals surface area contributed by atoms with E-state index in [4.69, 9.17) is 9.47 Å². The Bertz CT molecular complexity index is 1320. The molecule has 2 aliphatic rings. The van der Waals surface area contributed by atoms with E-state index in [0.29, 0.717) is 18.9 Å². The fraction of sp³-hybridized carbons (Fsp3) is 0.357. The number of rotatable bonds is 3. The Morgan fingerprint density at radius 1 is 1.08 bits per heavy atom. The highest BCUT2D eigenvalue weighted by molar-refractivity contribution is 6.04. The number of nitrogens with one attached hydrogen (secondary N) is 1. The molecule has 3 aromatic rings. The molecule has 37 heavy (non-hydrogen) atoms. The van der Waals surface area contributed by atoms with Crippen molar-refractivity contribution in [2.24, 2.45) is 0 Å². The Balaban J connectivity index is 1.42. The maximum absolute atomic E-state index is 13.0. The van der Waals surface area contributed by atoms with Gasteiger partial charge in [0.2, 0.25) is 0 Å². The molecular weight excluding hydrogens is 483 g/mol. The topological polar surface area (TPSA) is 63.7 Å². The average molecular weight is 512 g/mol. The van der Waals surface area contributed by atoms with Gasteiger partial charge in [-0.2, -0.15) is 13.2 Å². The highest BCUT2D eigenvalue weighted by Gasteiger charge is 2.38. The Kier molecular flexibility index (Phi) is 6.68. The molecule has 194 valence electrons. The number of amides is 1. The van der Waals surface area contributed by atoms with Crippen molar-refractivity contribution in [3.05, 3.63) is 77.1 Å². The summed E-state index contributed by atoms with van der Waals surface area (Å²) in [6.07, 6.45) is -1.99. The second-order valence-corrected chi connectivity index (χ2v) is 9.80. The van der Waals surface area contributed by atoms with E-state index < -0.39 is 17.8 Å². The van der Waals surface area contributed by atoms with Gasteiger partial charge in [0.15, 0.2) is 0 Å². The number of pyridine rings is 1. The van der Waals surface area contributed by atoms with Crippen LogP contribution in [-0.2, 0) is 17.5 Å². The minimum atomic E-state index is -4.63. The number of aromatic nitrogens is 1. The number of carbonyl (C=O) groups is 1. The Morgan fingerprint density at radius 3 is 2.62 bits per heavy atom. The van der Waals surface area contributed by atoms with E-state index in [9.17, 15) is 18.0 Å². The van der Waals surface area contributed by atoms with E-state index >= 15 is 0 Å². The van der Waals surface area contributed by atoms with Crippen molar-refractivity contribution in [3.8, 4) is 16.9 Å². The van der Waals surface area contributed by atoms with Crippen molar-refractivity contribution in [2.45, 2.75) is 38.1 Å². The number of anilines is 1. The minimum absolute atomic E-state index is 0.117. The van der Waals surface area contributed by atoms with Gasteiger partial charge in [-0.25, -0.2) is 0 Å². The molecule has 2 aliphatic heterocycles. The van der Waals surface area contributed by atoms with Crippen LogP contribution in [0.1, 0.15) is 40.0 Å². The van der Waals surface area contributed by atoms with Gasteiger partial charge in [0.05, 0.1) is 13.2 Å². The highest BCUT2D eigenvalue weighted by atomic mass is 19.4. The van der Waals surface area contributed by atoms with Crippen LogP contribution in [0.5, 0.6) is 5.75 Å². The number of carbonyl (C=O) groups excluding carboxylic acids is 1. The number of fused-ring (bicyclic) bond motifs is 1. The van der Waals surface area contributed by atoms with Crippen LogP contribution in [0.3, 0.4) is 0 Å².